The van der Waals surface area contributed by atoms with Crippen molar-refractivity contribution in [3.05, 3.63) is 29.8 Å². The second-order valence-electron chi connectivity index (χ2n) is 2.67. The summed E-state index contributed by atoms with van der Waals surface area (Å²) in [5, 5.41) is 8.57. The van der Waals surface area contributed by atoms with E-state index in [0.29, 0.717) is 17.1 Å². The topological polar surface area (TPSA) is 55.8 Å². The number of carboxylic acid groups (broad SMARTS) is 1. The molecule has 0 bridgehead atoms. The van der Waals surface area contributed by atoms with Crippen LogP contribution in [0.4, 0.5) is 0 Å². The van der Waals surface area contributed by atoms with Crippen molar-refractivity contribution >= 4 is 12.0 Å². The van der Waals surface area contributed by atoms with Crippen LogP contribution in [0.1, 0.15) is 6.93 Å². The average molecular weight is 209 g/mol. The van der Waals surface area contributed by atoms with Crippen LogP contribution in [0.25, 0.3) is 6.05 Å². The van der Waals surface area contributed by atoms with Crippen molar-refractivity contribution in [3.63, 3.8) is 0 Å². The monoisotopic (exact) mass is 209 g/mol. The zero-order valence-corrected chi connectivity index (χ0v) is 8.48. The number of carbonyl (C=O) groups is 1. The molecule has 1 rings (SSSR count). The second-order valence-corrected chi connectivity index (χ2v) is 2.67. The number of ether oxygens (including phenoxy) is 2. The molecule has 0 amide bonds. The van der Waals surface area contributed by atoms with Gasteiger partial charge in [-0.05, 0) is 12.1 Å². The molecule has 15 heavy (non-hydrogen) atoms. The summed E-state index contributed by atoms with van der Waals surface area (Å²) >= 11 is 0. The highest BCUT2D eigenvalue weighted by atomic mass is 16.5. The van der Waals surface area contributed by atoms with Crippen molar-refractivity contribution in [3.8, 4) is 11.5 Å². The maximum Gasteiger partial charge on any atom is 0.328 e. The Morgan fingerprint density at radius 3 is 2.73 bits per heavy atom. The lowest BCUT2D eigenvalue weighted by atomic mass is 10.1. The molecular weight excluding hydrogens is 196 g/mol. The number of aliphatic carboxylic acids is 1. The predicted octanol–water partition coefficient (Wildman–Crippen LogP) is 1.80. The Hall–Kier alpha value is -1.97. The minimum atomic E-state index is -1.17. The summed E-state index contributed by atoms with van der Waals surface area (Å²) in [6.07, 6.45) is 0.803. The van der Waals surface area contributed by atoms with Gasteiger partial charge in [-0.25, -0.2) is 4.79 Å². The van der Waals surface area contributed by atoms with Gasteiger partial charge in [0.05, 0.1) is 15.6 Å². The van der Waals surface area contributed by atoms with Crippen LogP contribution in [0.2, 0.25) is 0 Å². The summed E-state index contributed by atoms with van der Waals surface area (Å²) in [7, 11) is 2.92. The Bertz CT molecular complexity index is 426. The Morgan fingerprint density at radius 2 is 2.20 bits per heavy atom. The van der Waals surface area contributed by atoms with E-state index in [1.807, 2.05) is 0 Å². The van der Waals surface area contributed by atoms with E-state index < -0.39 is 5.97 Å². The zero-order valence-electron chi connectivity index (χ0n) is 9.48. The molecule has 0 aromatic heterocycles. The first-order chi connectivity index (χ1) is 7.60. The SMILES string of the molecule is [2H]/C(=C\C(=O)O)c1cccc(OC)c1OC. The first kappa shape index (κ1) is 9.58. The summed E-state index contributed by atoms with van der Waals surface area (Å²) in [6, 6.07) is 4.81. The van der Waals surface area contributed by atoms with Crippen LogP contribution < -0.4 is 9.47 Å². The molecule has 80 valence electrons. The van der Waals surface area contributed by atoms with Gasteiger partial charge in [0, 0.05) is 11.6 Å². The summed E-state index contributed by atoms with van der Waals surface area (Å²) in [5.41, 5.74) is 0.379. The normalized spacial score (nSPS) is 11.9. The summed E-state index contributed by atoms with van der Waals surface area (Å²) in [4.78, 5) is 10.5. The van der Waals surface area contributed by atoms with Gasteiger partial charge in [-0.3, -0.25) is 0 Å². The minimum Gasteiger partial charge on any atom is -0.493 e. The molecule has 0 aliphatic rings. The minimum absolute atomic E-state index is 0.136. The summed E-state index contributed by atoms with van der Waals surface area (Å²) in [5.74, 6) is -0.356. The maximum atomic E-state index is 10.5. The number of hydrogen-bond donors (Lipinski definition) is 1. The lowest BCUT2D eigenvalue weighted by Crippen LogP contribution is -1.93. The van der Waals surface area contributed by atoms with Crippen molar-refractivity contribution in [2.24, 2.45) is 0 Å². The average Bonchev–Trinajstić information content (AvgIpc) is 2.26. The summed E-state index contributed by atoms with van der Waals surface area (Å²) < 4.78 is 17.7. The standard InChI is InChI=1S/C11H12O4/c1-14-9-5-3-4-8(11(9)15-2)6-7-10(12)13/h3-7H,1-2H3,(H,12,13)/b7-6+/i6D. The molecule has 0 unspecified atom stereocenters. The predicted molar refractivity (Wildman–Crippen MR) is 56.2 cm³/mol. The van der Waals surface area contributed by atoms with E-state index in [0.717, 1.165) is 6.08 Å². The number of rotatable bonds is 4. The van der Waals surface area contributed by atoms with Crippen molar-refractivity contribution in [2.75, 3.05) is 14.2 Å². The molecule has 1 aromatic carbocycles. The van der Waals surface area contributed by atoms with E-state index >= 15 is 0 Å². The fourth-order valence-corrected chi connectivity index (χ4v) is 1.14. The highest BCUT2D eigenvalue weighted by Crippen LogP contribution is 2.31. The van der Waals surface area contributed by atoms with Gasteiger partial charge < -0.3 is 14.6 Å². The quantitative estimate of drug-likeness (QED) is 0.768. The number of para-hydroxylation sites is 1. The molecule has 0 spiro atoms. The van der Waals surface area contributed by atoms with Crippen LogP contribution in [-0.4, -0.2) is 25.3 Å². The number of benzene rings is 1. The molecule has 0 aliphatic heterocycles. The van der Waals surface area contributed by atoms with Gasteiger partial charge in [0.1, 0.15) is 0 Å². The Morgan fingerprint density at radius 1 is 1.47 bits per heavy atom. The van der Waals surface area contributed by atoms with E-state index in [1.54, 1.807) is 18.2 Å². The molecule has 4 heteroatoms. The van der Waals surface area contributed by atoms with Gasteiger partial charge in [-0.1, -0.05) is 12.1 Å². The van der Waals surface area contributed by atoms with Crippen molar-refractivity contribution in [2.45, 2.75) is 0 Å². The summed E-state index contributed by atoms with van der Waals surface area (Å²) in [6.45, 7) is 0. The molecule has 0 radical (unpaired) electrons. The third-order valence-electron chi connectivity index (χ3n) is 1.75. The fourth-order valence-electron chi connectivity index (χ4n) is 1.14. The van der Waals surface area contributed by atoms with E-state index in [4.69, 9.17) is 16.0 Å². The lowest BCUT2D eigenvalue weighted by Gasteiger charge is -2.09. The first-order valence-corrected chi connectivity index (χ1v) is 4.22. The Labute approximate surface area is 89.2 Å². The molecular formula is C11H12O4. The van der Waals surface area contributed by atoms with E-state index in [9.17, 15) is 4.79 Å². The van der Waals surface area contributed by atoms with Crippen molar-refractivity contribution < 1.29 is 20.7 Å². The van der Waals surface area contributed by atoms with Gasteiger partial charge in [-0.15, -0.1) is 0 Å². The van der Waals surface area contributed by atoms with Crippen LogP contribution >= 0.6 is 0 Å². The molecule has 0 fully saturated rings. The van der Waals surface area contributed by atoms with E-state index in [-0.39, 0.29) is 6.05 Å². The van der Waals surface area contributed by atoms with Crippen LogP contribution in [0, 0.1) is 0 Å². The van der Waals surface area contributed by atoms with Gasteiger partial charge in [0.25, 0.3) is 0 Å². The Balaban J connectivity index is 3.28. The molecule has 1 aromatic rings. The molecule has 0 heterocycles. The molecule has 1 N–H and O–H groups in total. The molecule has 4 nitrogen and oxygen atoms in total. The van der Waals surface area contributed by atoms with Crippen LogP contribution in [0.3, 0.4) is 0 Å². The largest absolute Gasteiger partial charge is 0.493 e. The number of hydrogen-bond acceptors (Lipinski definition) is 3. The first-order valence-electron chi connectivity index (χ1n) is 4.72. The van der Waals surface area contributed by atoms with Gasteiger partial charge in [0.2, 0.25) is 0 Å². The van der Waals surface area contributed by atoms with Gasteiger partial charge in [-0.2, -0.15) is 0 Å². The third kappa shape index (κ3) is 2.74. The third-order valence-corrected chi connectivity index (χ3v) is 1.75. The van der Waals surface area contributed by atoms with E-state index in [2.05, 4.69) is 0 Å². The second kappa shape index (κ2) is 5.05. The van der Waals surface area contributed by atoms with Crippen LogP contribution in [-0.2, 0) is 4.79 Å². The Kier molecular flexibility index (Phi) is 3.22. The fraction of sp³-hybridized carbons (Fsp3) is 0.182. The maximum absolute atomic E-state index is 10.5. The van der Waals surface area contributed by atoms with Crippen LogP contribution in [0.15, 0.2) is 24.3 Å². The van der Waals surface area contributed by atoms with Crippen LogP contribution in [0.5, 0.6) is 11.5 Å². The molecule has 0 saturated carbocycles. The molecule has 0 aliphatic carbocycles. The zero-order chi connectivity index (χ0) is 12.1. The van der Waals surface area contributed by atoms with Crippen molar-refractivity contribution in [1.29, 1.82) is 0 Å². The number of methoxy groups -OCH3 is 2. The van der Waals surface area contributed by atoms with E-state index in [1.165, 1.54) is 14.2 Å². The molecule has 0 saturated heterocycles. The lowest BCUT2D eigenvalue weighted by molar-refractivity contribution is -0.131. The van der Waals surface area contributed by atoms with Gasteiger partial charge >= 0.3 is 5.97 Å². The highest BCUT2D eigenvalue weighted by Gasteiger charge is 2.06. The van der Waals surface area contributed by atoms with Crippen molar-refractivity contribution in [1.82, 2.24) is 0 Å². The van der Waals surface area contributed by atoms with Gasteiger partial charge in [0.15, 0.2) is 11.5 Å². The molecule has 0 atom stereocenters. The highest BCUT2D eigenvalue weighted by molar-refractivity contribution is 5.86. The number of carboxylic acids is 1. The smallest absolute Gasteiger partial charge is 0.328 e.